The van der Waals surface area contributed by atoms with Gasteiger partial charge in [0.2, 0.25) is 0 Å². The molecule has 1 aliphatic rings. The number of halogens is 3. The summed E-state index contributed by atoms with van der Waals surface area (Å²) in [5.41, 5.74) is 1.83. The van der Waals surface area contributed by atoms with Crippen molar-refractivity contribution in [3.63, 3.8) is 0 Å². The van der Waals surface area contributed by atoms with Crippen molar-refractivity contribution in [2.75, 3.05) is 12.9 Å². The Morgan fingerprint density at radius 1 is 1.20 bits per heavy atom. The first-order chi connectivity index (χ1) is 12.0. The summed E-state index contributed by atoms with van der Waals surface area (Å²) < 4.78 is 34.3. The third kappa shape index (κ3) is 3.96. The van der Waals surface area contributed by atoms with E-state index in [1.165, 1.54) is 13.2 Å². The van der Waals surface area contributed by atoms with Crippen LogP contribution in [-0.2, 0) is 0 Å². The Balaban J connectivity index is 1.92. The predicted octanol–water partition coefficient (Wildman–Crippen LogP) is 5.32. The number of benzene rings is 2. The molecule has 0 spiro atoms. The first-order valence-corrected chi connectivity index (χ1v) is 8.65. The molecule has 130 valence electrons. The van der Waals surface area contributed by atoms with Crippen molar-refractivity contribution in [2.45, 2.75) is 11.5 Å². The van der Waals surface area contributed by atoms with Gasteiger partial charge in [-0.05, 0) is 42.0 Å². The van der Waals surface area contributed by atoms with Crippen molar-refractivity contribution in [2.24, 2.45) is 0 Å². The summed E-state index contributed by atoms with van der Waals surface area (Å²) in [6, 6.07) is 9.77. The van der Waals surface area contributed by atoms with Gasteiger partial charge in [0, 0.05) is 26.8 Å². The zero-order chi connectivity index (χ0) is 18.0. The first-order valence-electron chi connectivity index (χ1n) is 7.28. The number of rotatable bonds is 4. The van der Waals surface area contributed by atoms with Crippen LogP contribution in [0.1, 0.15) is 15.9 Å². The fourth-order valence-electron chi connectivity index (χ4n) is 2.48. The van der Waals surface area contributed by atoms with E-state index in [0.717, 1.165) is 4.90 Å². The number of alkyl halides is 2. The van der Waals surface area contributed by atoms with E-state index >= 15 is 0 Å². The zero-order valence-corrected chi connectivity index (χ0v) is 14.7. The van der Waals surface area contributed by atoms with Crippen LogP contribution in [0.25, 0.3) is 6.08 Å². The monoisotopic (exact) mass is 382 g/mol. The Morgan fingerprint density at radius 3 is 2.72 bits per heavy atom. The zero-order valence-electron chi connectivity index (χ0n) is 13.1. The standard InChI is InChI=1S/C18H13ClF2O3S/c1-23-15-7-10(2-4-14(15)24-18(20)21)6-11-9-25-16-5-3-12(19)8-13(16)17(11)22/h2-8,18H,9H2,1H3/b11-6+. The molecule has 1 heterocycles. The molecule has 0 amide bonds. The number of methoxy groups -OCH3 is 1. The third-order valence-electron chi connectivity index (χ3n) is 3.61. The molecular weight excluding hydrogens is 370 g/mol. The number of hydrogen-bond acceptors (Lipinski definition) is 4. The van der Waals surface area contributed by atoms with Crippen molar-refractivity contribution in [3.05, 3.63) is 58.1 Å². The highest BCUT2D eigenvalue weighted by Crippen LogP contribution is 2.36. The van der Waals surface area contributed by atoms with Gasteiger partial charge in [-0.3, -0.25) is 4.79 Å². The normalized spacial score (nSPS) is 15.4. The van der Waals surface area contributed by atoms with Gasteiger partial charge in [0.25, 0.3) is 0 Å². The van der Waals surface area contributed by atoms with Crippen LogP contribution in [0.15, 0.2) is 46.9 Å². The number of carbonyl (C=O) groups is 1. The van der Waals surface area contributed by atoms with E-state index in [1.807, 2.05) is 6.07 Å². The van der Waals surface area contributed by atoms with E-state index in [-0.39, 0.29) is 17.3 Å². The van der Waals surface area contributed by atoms with Crippen LogP contribution < -0.4 is 9.47 Å². The van der Waals surface area contributed by atoms with Crippen LogP contribution in [0.3, 0.4) is 0 Å². The number of ether oxygens (including phenoxy) is 2. The minimum Gasteiger partial charge on any atom is -0.493 e. The Labute approximate surface area is 152 Å². The van der Waals surface area contributed by atoms with E-state index in [0.29, 0.717) is 27.5 Å². The molecule has 3 nitrogen and oxygen atoms in total. The largest absolute Gasteiger partial charge is 0.493 e. The summed E-state index contributed by atoms with van der Waals surface area (Å²) in [4.78, 5) is 13.5. The molecular formula is C18H13ClF2O3S. The van der Waals surface area contributed by atoms with Crippen LogP contribution in [-0.4, -0.2) is 25.3 Å². The molecule has 0 radical (unpaired) electrons. The summed E-state index contributed by atoms with van der Waals surface area (Å²) >= 11 is 7.52. The Kier molecular flexibility index (Phi) is 5.30. The number of thioether (sulfide) groups is 1. The van der Waals surface area contributed by atoms with Gasteiger partial charge < -0.3 is 9.47 Å². The molecule has 0 atom stereocenters. The van der Waals surface area contributed by atoms with Gasteiger partial charge in [-0.25, -0.2) is 0 Å². The second kappa shape index (κ2) is 7.45. The van der Waals surface area contributed by atoms with E-state index in [2.05, 4.69) is 4.74 Å². The molecule has 0 aromatic heterocycles. The van der Waals surface area contributed by atoms with E-state index in [4.69, 9.17) is 16.3 Å². The highest BCUT2D eigenvalue weighted by Gasteiger charge is 2.23. The molecule has 7 heteroatoms. The fourth-order valence-corrected chi connectivity index (χ4v) is 3.64. The molecule has 2 aromatic carbocycles. The molecule has 0 saturated carbocycles. The van der Waals surface area contributed by atoms with Crippen molar-refractivity contribution in [1.82, 2.24) is 0 Å². The van der Waals surface area contributed by atoms with Crippen molar-refractivity contribution in [1.29, 1.82) is 0 Å². The Bertz CT molecular complexity index is 852. The lowest BCUT2D eigenvalue weighted by atomic mass is 10.0. The Hall–Kier alpha value is -2.05. The quantitative estimate of drug-likeness (QED) is 0.670. The average Bonchev–Trinajstić information content (AvgIpc) is 2.58. The Morgan fingerprint density at radius 2 is 2.00 bits per heavy atom. The number of ketones is 1. The van der Waals surface area contributed by atoms with Crippen LogP contribution >= 0.6 is 23.4 Å². The molecule has 25 heavy (non-hydrogen) atoms. The van der Waals surface area contributed by atoms with Gasteiger partial charge in [-0.1, -0.05) is 17.7 Å². The van der Waals surface area contributed by atoms with Crippen LogP contribution in [0.4, 0.5) is 8.78 Å². The maximum atomic E-state index is 12.6. The SMILES string of the molecule is COc1cc(/C=C2\CSc3ccc(Cl)cc3C2=O)ccc1OC(F)F. The summed E-state index contributed by atoms with van der Waals surface area (Å²) in [6.45, 7) is -2.93. The van der Waals surface area contributed by atoms with E-state index in [9.17, 15) is 13.6 Å². The average molecular weight is 383 g/mol. The minimum atomic E-state index is -2.93. The van der Waals surface area contributed by atoms with Gasteiger partial charge in [-0.2, -0.15) is 8.78 Å². The lowest BCUT2D eigenvalue weighted by Gasteiger charge is -2.17. The molecule has 0 saturated heterocycles. The number of hydrogen-bond donors (Lipinski definition) is 0. The topological polar surface area (TPSA) is 35.5 Å². The van der Waals surface area contributed by atoms with Crippen molar-refractivity contribution < 1.29 is 23.0 Å². The van der Waals surface area contributed by atoms with Crippen molar-refractivity contribution in [3.8, 4) is 11.5 Å². The maximum absolute atomic E-state index is 12.6. The van der Waals surface area contributed by atoms with Crippen LogP contribution in [0.5, 0.6) is 11.5 Å². The molecule has 0 N–H and O–H groups in total. The summed E-state index contributed by atoms with van der Waals surface area (Å²) in [5.74, 6) is 0.545. The predicted molar refractivity (Wildman–Crippen MR) is 94.1 cm³/mol. The number of fused-ring (bicyclic) bond motifs is 1. The maximum Gasteiger partial charge on any atom is 0.387 e. The summed E-state index contributed by atoms with van der Waals surface area (Å²) in [6.07, 6.45) is 1.72. The molecule has 0 unspecified atom stereocenters. The van der Waals surface area contributed by atoms with Crippen LogP contribution in [0.2, 0.25) is 5.02 Å². The first kappa shape index (κ1) is 17.8. The second-order valence-electron chi connectivity index (χ2n) is 5.22. The lowest BCUT2D eigenvalue weighted by Crippen LogP contribution is -2.12. The third-order valence-corrected chi connectivity index (χ3v) is 4.96. The molecule has 1 aliphatic heterocycles. The highest BCUT2D eigenvalue weighted by atomic mass is 35.5. The van der Waals surface area contributed by atoms with E-state index in [1.54, 1.807) is 42.1 Å². The number of Topliss-reactive ketones (excluding diaryl/α,β-unsaturated/α-hetero) is 1. The summed E-state index contributed by atoms with van der Waals surface area (Å²) in [5, 5.41) is 0.504. The fraction of sp³-hybridized carbons (Fsp3) is 0.167. The lowest BCUT2D eigenvalue weighted by molar-refractivity contribution is -0.0512. The van der Waals surface area contributed by atoms with Crippen LogP contribution in [0, 0.1) is 0 Å². The van der Waals surface area contributed by atoms with Gasteiger partial charge >= 0.3 is 6.61 Å². The smallest absolute Gasteiger partial charge is 0.387 e. The number of carbonyl (C=O) groups excluding carboxylic acids is 1. The molecule has 3 rings (SSSR count). The molecule has 2 aromatic rings. The van der Waals surface area contributed by atoms with Crippen molar-refractivity contribution >= 4 is 35.2 Å². The second-order valence-corrected chi connectivity index (χ2v) is 6.67. The molecule has 0 aliphatic carbocycles. The van der Waals surface area contributed by atoms with E-state index < -0.39 is 6.61 Å². The van der Waals surface area contributed by atoms with Gasteiger partial charge in [-0.15, -0.1) is 11.8 Å². The summed E-state index contributed by atoms with van der Waals surface area (Å²) in [7, 11) is 1.37. The van der Waals surface area contributed by atoms with Gasteiger partial charge in [0.05, 0.1) is 7.11 Å². The molecule has 0 bridgehead atoms. The van der Waals surface area contributed by atoms with Gasteiger partial charge in [0.15, 0.2) is 17.3 Å². The van der Waals surface area contributed by atoms with Gasteiger partial charge in [0.1, 0.15) is 0 Å². The molecule has 0 fully saturated rings. The highest BCUT2D eigenvalue weighted by molar-refractivity contribution is 7.99. The minimum absolute atomic E-state index is 0.0545.